The Labute approximate surface area is 93.8 Å². The van der Waals surface area contributed by atoms with E-state index in [9.17, 15) is 0 Å². The van der Waals surface area contributed by atoms with E-state index in [1.165, 1.54) is 45.1 Å². The molecule has 2 rings (SSSR count). The van der Waals surface area contributed by atoms with E-state index in [0.29, 0.717) is 11.6 Å². The van der Waals surface area contributed by atoms with Crippen LogP contribution >= 0.6 is 0 Å². The summed E-state index contributed by atoms with van der Waals surface area (Å²) in [5.74, 6) is 0.810. The molecule has 2 nitrogen and oxygen atoms in total. The zero-order chi connectivity index (χ0) is 10.7. The van der Waals surface area contributed by atoms with E-state index in [4.69, 9.17) is 4.74 Å². The highest BCUT2D eigenvalue weighted by Gasteiger charge is 2.42. The lowest BCUT2D eigenvalue weighted by atomic mass is 9.74. The molecule has 2 atom stereocenters. The minimum absolute atomic E-state index is 0.297. The maximum absolute atomic E-state index is 5.92. The second-order valence-corrected chi connectivity index (χ2v) is 5.50. The van der Waals surface area contributed by atoms with Gasteiger partial charge in [-0.3, -0.25) is 0 Å². The third-order valence-electron chi connectivity index (χ3n) is 4.21. The number of hydrogen-bond donors (Lipinski definition) is 1. The van der Waals surface area contributed by atoms with Gasteiger partial charge < -0.3 is 10.1 Å². The summed E-state index contributed by atoms with van der Waals surface area (Å²) in [7, 11) is 0. The van der Waals surface area contributed by atoms with Gasteiger partial charge in [-0.15, -0.1) is 0 Å². The van der Waals surface area contributed by atoms with Gasteiger partial charge in [0.05, 0.1) is 5.60 Å². The van der Waals surface area contributed by atoms with Crippen LogP contribution < -0.4 is 5.32 Å². The van der Waals surface area contributed by atoms with Crippen molar-refractivity contribution in [2.24, 2.45) is 5.92 Å². The normalized spacial score (nSPS) is 31.2. The van der Waals surface area contributed by atoms with Gasteiger partial charge in [-0.1, -0.05) is 20.3 Å². The quantitative estimate of drug-likeness (QED) is 0.772. The number of hydrogen-bond acceptors (Lipinski definition) is 2. The van der Waals surface area contributed by atoms with Crippen LogP contribution in [-0.4, -0.2) is 24.8 Å². The fourth-order valence-electron chi connectivity index (χ4n) is 2.63. The largest absolute Gasteiger partial charge is 0.375 e. The van der Waals surface area contributed by atoms with Gasteiger partial charge in [0.25, 0.3) is 0 Å². The fraction of sp³-hybridized carbons (Fsp3) is 1.00. The maximum Gasteiger partial charge on any atom is 0.0697 e. The van der Waals surface area contributed by atoms with Crippen LogP contribution in [0.3, 0.4) is 0 Å². The minimum Gasteiger partial charge on any atom is -0.375 e. The molecule has 1 saturated heterocycles. The molecule has 2 fully saturated rings. The molecule has 2 aliphatic rings. The Morgan fingerprint density at radius 3 is 2.87 bits per heavy atom. The van der Waals surface area contributed by atoms with Crippen LogP contribution in [-0.2, 0) is 4.74 Å². The summed E-state index contributed by atoms with van der Waals surface area (Å²) in [6, 6.07) is 0.716. The molecule has 0 aromatic carbocycles. The van der Waals surface area contributed by atoms with Gasteiger partial charge in [0, 0.05) is 12.6 Å². The fourth-order valence-corrected chi connectivity index (χ4v) is 2.63. The van der Waals surface area contributed by atoms with E-state index >= 15 is 0 Å². The Kier molecular flexibility index (Phi) is 3.68. The van der Waals surface area contributed by atoms with Gasteiger partial charge in [0.2, 0.25) is 0 Å². The molecule has 1 spiro atoms. The molecule has 1 aliphatic heterocycles. The van der Waals surface area contributed by atoms with E-state index in [-0.39, 0.29) is 0 Å². The van der Waals surface area contributed by atoms with Gasteiger partial charge in [0.1, 0.15) is 0 Å². The Morgan fingerprint density at radius 2 is 2.27 bits per heavy atom. The van der Waals surface area contributed by atoms with Crippen molar-refractivity contribution in [2.45, 2.75) is 64.0 Å². The Morgan fingerprint density at radius 1 is 1.47 bits per heavy atom. The highest BCUT2D eigenvalue weighted by atomic mass is 16.5. The van der Waals surface area contributed by atoms with E-state index in [0.717, 1.165) is 12.5 Å². The summed E-state index contributed by atoms with van der Waals surface area (Å²) in [6.45, 7) is 6.74. The second-order valence-electron chi connectivity index (χ2n) is 5.50. The van der Waals surface area contributed by atoms with Crippen molar-refractivity contribution in [3.05, 3.63) is 0 Å². The average Bonchev–Trinajstić information content (AvgIpc) is 2.24. The maximum atomic E-state index is 5.92. The topological polar surface area (TPSA) is 21.3 Å². The van der Waals surface area contributed by atoms with Gasteiger partial charge in [-0.2, -0.15) is 0 Å². The molecular weight excluding hydrogens is 186 g/mol. The molecule has 1 heterocycles. The number of ether oxygens (including phenoxy) is 1. The van der Waals surface area contributed by atoms with Crippen LogP contribution in [0, 0.1) is 5.92 Å². The highest BCUT2D eigenvalue weighted by molar-refractivity contribution is 4.96. The molecule has 88 valence electrons. The second kappa shape index (κ2) is 4.84. The first-order valence-corrected chi connectivity index (χ1v) is 6.61. The van der Waals surface area contributed by atoms with E-state index in [2.05, 4.69) is 19.2 Å². The van der Waals surface area contributed by atoms with Crippen LogP contribution in [0.2, 0.25) is 0 Å². The molecule has 2 unspecified atom stereocenters. The lowest BCUT2D eigenvalue weighted by Crippen LogP contribution is -2.51. The van der Waals surface area contributed by atoms with Gasteiger partial charge in [-0.05, 0) is 44.6 Å². The molecule has 15 heavy (non-hydrogen) atoms. The molecule has 1 saturated carbocycles. The van der Waals surface area contributed by atoms with Gasteiger partial charge in [-0.25, -0.2) is 0 Å². The number of rotatable bonds is 4. The Bertz CT molecular complexity index is 201. The molecule has 0 bridgehead atoms. The van der Waals surface area contributed by atoms with E-state index in [1.54, 1.807) is 0 Å². The summed E-state index contributed by atoms with van der Waals surface area (Å²) < 4.78 is 5.92. The molecular formula is C13H25NO. The van der Waals surface area contributed by atoms with Crippen LogP contribution in [0.15, 0.2) is 0 Å². The predicted octanol–water partition coefficient (Wildman–Crippen LogP) is 2.72. The Hall–Kier alpha value is -0.0800. The molecule has 0 aromatic rings. The Balaban J connectivity index is 1.73. The van der Waals surface area contributed by atoms with Gasteiger partial charge >= 0.3 is 0 Å². The van der Waals surface area contributed by atoms with Crippen molar-refractivity contribution in [1.29, 1.82) is 0 Å². The summed E-state index contributed by atoms with van der Waals surface area (Å²) in [5.41, 5.74) is 0.297. The molecule has 0 amide bonds. The minimum atomic E-state index is 0.297. The van der Waals surface area contributed by atoms with Crippen LogP contribution in [0.1, 0.15) is 52.4 Å². The van der Waals surface area contributed by atoms with Crippen LogP contribution in [0.25, 0.3) is 0 Å². The first kappa shape index (κ1) is 11.4. The molecule has 2 heteroatoms. The zero-order valence-electron chi connectivity index (χ0n) is 10.2. The first-order valence-electron chi connectivity index (χ1n) is 6.61. The monoisotopic (exact) mass is 211 g/mol. The van der Waals surface area contributed by atoms with Crippen LogP contribution in [0.5, 0.6) is 0 Å². The molecule has 0 radical (unpaired) electrons. The first-order chi connectivity index (χ1) is 7.24. The van der Waals surface area contributed by atoms with Crippen LogP contribution in [0.4, 0.5) is 0 Å². The van der Waals surface area contributed by atoms with E-state index < -0.39 is 0 Å². The third-order valence-corrected chi connectivity index (χ3v) is 4.21. The summed E-state index contributed by atoms with van der Waals surface area (Å²) >= 11 is 0. The third kappa shape index (κ3) is 2.73. The van der Waals surface area contributed by atoms with Crippen molar-refractivity contribution >= 4 is 0 Å². The summed E-state index contributed by atoms with van der Waals surface area (Å²) in [5, 5.41) is 3.72. The zero-order valence-corrected chi connectivity index (χ0v) is 10.2. The summed E-state index contributed by atoms with van der Waals surface area (Å²) in [4.78, 5) is 0. The van der Waals surface area contributed by atoms with Crippen molar-refractivity contribution < 1.29 is 4.74 Å². The van der Waals surface area contributed by atoms with Crippen molar-refractivity contribution in [1.82, 2.24) is 5.32 Å². The van der Waals surface area contributed by atoms with Crippen molar-refractivity contribution in [3.63, 3.8) is 0 Å². The average molecular weight is 211 g/mol. The molecule has 0 aromatic heterocycles. The summed E-state index contributed by atoms with van der Waals surface area (Å²) in [6.07, 6.45) is 7.71. The number of nitrogens with one attached hydrogen (secondary N) is 1. The lowest BCUT2D eigenvalue weighted by Gasteiger charge is -2.47. The highest BCUT2D eigenvalue weighted by Crippen LogP contribution is 2.42. The van der Waals surface area contributed by atoms with E-state index in [1.807, 2.05) is 0 Å². The molecule has 1 N–H and O–H groups in total. The van der Waals surface area contributed by atoms with Crippen molar-refractivity contribution in [2.75, 3.05) is 13.2 Å². The molecule has 1 aliphatic carbocycles. The van der Waals surface area contributed by atoms with Gasteiger partial charge in [0.15, 0.2) is 0 Å². The SMILES string of the molecule is CCC(C)CNC1CCOC2(CCC2)C1. The standard InChI is InChI=1S/C13H25NO/c1-3-11(2)10-14-12-5-8-15-13(9-12)6-4-7-13/h11-12,14H,3-10H2,1-2H3. The van der Waals surface area contributed by atoms with Crippen molar-refractivity contribution in [3.8, 4) is 0 Å². The predicted molar refractivity (Wildman–Crippen MR) is 63.0 cm³/mol. The smallest absolute Gasteiger partial charge is 0.0697 e. The lowest BCUT2D eigenvalue weighted by molar-refractivity contribution is -0.135.